The molecule has 9 heteroatoms. The fourth-order valence-corrected chi connectivity index (χ4v) is 8.01. The maximum atomic E-state index is 14.3. The SMILES string of the molecule is CCN1CCN(CCCN2C(=O)[C@@H]3[C@H](C(=O)Nc4ccc(C(C)C)cc4)[C@@H]4C=C[C@@]3(O4)[C@@H]2C(=O)NC2CCCCC2)CC1. The van der Waals surface area contributed by atoms with Gasteiger partial charge < -0.3 is 30.1 Å². The number of nitrogens with zero attached hydrogens (tertiary/aromatic N) is 3. The van der Waals surface area contributed by atoms with E-state index in [9.17, 15) is 14.4 Å². The largest absolute Gasteiger partial charge is 0.359 e. The van der Waals surface area contributed by atoms with Gasteiger partial charge in [0.2, 0.25) is 17.7 Å². The van der Waals surface area contributed by atoms with Crippen molar-refractivity contribution in [2.45, 2.75) is 89.0 Å². The number of rotatable bonds is 10. The highest BCUT2D eigenvalue weighted by Gasteiger charge is 2.72. The molecule has 0 aromatic heterocycles. The van der Waals surface area contributed by atoms with Gasteiger partial charge in [-0.05, 0) is 56.0 Å². The van der Waals surface area contributed by atoms with Gasteiger partial charge in [0.05, 0.1) is 17.9 Å². The fourth-order valence-electron chi connectivity index (χ4n) is 8.01. The molecule has 0 unspecified atom stereocenters. The molecular formula is C34H49N5O4. The average Bonchev–Trinajstić information content (AvgIpc) is 3.65. The first-order valence-electron chi connectivity index (χ1n) is 16.6. The molecule has 5 atom stereocenters. The topological polar surface area (TPSA) is 94.2 Å². The molecule has 1 saturated carbocycles. The quantitative estimate of drug-likeness (QED) is 0.406. The first-order chi connectivity index (χ1) is 20.8. The van der Waals surface area contributed by atoms with Gasteiger partial charge in [-0.1, -0.05) is 64.3 Å². The number of piperazine rings is 1. The Bertz CT molecular complexity index is 1200. The van der Waals surface area contributed by atoms with Crippen LogP contribution in [0.2, 0.25) is 0 Å². The minimum atomic E-state index is -1.11. The zero-order valence-corrected chi connectivity index (χ0v) is 26.1. The molecule has 4 heterocycles. The molecule has 43 heavy (non-hydrogen) atoms. The molecular weight excluding hydrogens is 542 g/mol. The van der Waals surface area contributed by atoms with Gasteiger partial charge in [0, 0.05) is 44.5 Å². The Labute approximate surface area is 256 Å². The Hall–Kier alpha value is -2.75. The van der Waals surface area contributed by atoms with Crippen molar-refractivity contribution in [3.8, 4) is 0 Å². The standard InChI is InChI=1S/C34H49N5O4/c1-4-37-19-21-38(22-20-37)17-8-18-39-30(32(41)36-25-9-6-5-7-10-25)34-16-15-27(43-34)28(29(34)33(39)42)31(40)35-26-13-11-24(12-14-26)23(2)3/h11-16,23,25,27-30H,4-10,17-22H2,1-3H3,(H,35,40)(H,36,41)/t27-,28+,29-,30-,34-/m0/s1. The molecule has 1 aliphatic carbocycles. The van der Waals surface area contributed by atoms with Gasteiger partial charge in [-0.3, -0.25) is 14.4 Å². The first kappa shape index (κ1) is 30.3. The number of likely N-dealkylation sites (tertiary alicyclic amines) is 1. The maximum Gasteiger partial charge on any atom is 0.246 e. The summed E-state index contributed by atoms with van der Waals surface area (Å²) in [6.45, 7) is 13.1. The molecule has 9 nitrogen and oxygen atoms in total. The highest BCUT2D eigenvalue weighted by Crippen LogP contribution is 2.55. The Kier molecular flexibility index (Phi) is 8.94. The van der Waals surface area contributed by atoms with Crippen LogP contribution >= 0.6 is 0 Å². The highest BCUT2D eigenvalue weighted by atomic mass is 16.5. The minimum Gasteiger partial charge on any atom is -0.359 e. The molecule has 3 saturated heterocycles. The van der Waals surface area contributed by atoms with Crippen molar-refractivity contribution in [2.24, 2.45) is 11.8 Å². The normalized spacial score (nSPS) is 31.2. The van der Waals surface area contributed by atoms with E-state index in [1.54, 1.807) is 4.90 Å². The molecule has 5 aliphatic rings. The molecule has 3 amide bonds. The second-order valence-electron chi connectivity index (χ2n) is 13.5. The Morgan fingerprint density at radius 3 is 2.35 bits per heavy atom. The number of anilines is 1. The van der Waals surface area contributed by atoms with E-state index in [0.29, 0.717) is 18.2 Å². The van der Waals surface area contributed by atoms with Crippen molar-refractivity contribution in [1.82, 2.24) is 20.0 Å². The van der Waals surface area contributed by atoms with E-state index in [-0.39, 0.29) is 23.8 Å². The van der Waals surface area contributed by atoms with Crippen LogP contribution in [0.4, 0.5) is 5.69 Å². The summed E-state index contributed by atoms with van der Waals surface area (Å²) < 4.78 is 6.54. The molecule has 1 aromatic rings. The van der Waals surface area contributed by atoms with Crippen LogP contribution in [0.15, 0.2) is 36.4 Å². The van der Waals surface area contributed by atoms with Crippen LogP contribution in [0.1, 0.15) is 70.8 Å². The van der Waals surface area contributed by atoms with E-state index in [0.717, 1.165) is 71.4 Å². The summed E-state index contributed by atoms with van der Waals surface area (Å²) in [5.41, 5.74) is 0.785. The number of benzene rings is 1. The van der Waals surface area contributed by atoms with Gasteiger partial charge in [0.25, 0.3) is 0 Å². The summed E-state index contributed by atoms with van der Waals surface area (Å²) in [4.78, 5) is 48.7. The van der Waals surface area contributed by atoms with Crippen LogP contribution in [-0.4, -0.2) is 102 Å². The number of likely N-dealkylation sites (N-methyl/N-ethyl adjacent to an activating group) is 1. The third-order valence-corrected chi connectivity index (χ3v) is 10.5. The van der Waals surface area contributed by atoms with Gasteiger partial charge in [0.1, 0.15) is 11.6 Å². The summed E-state index contributed by atoms with van der Waals surface area (Å²) in [5.74, 6) is -1.51. The van der Waals surface area contributed by atoms with Crippen LogP contribution < -0.4 is 10.6 Å². The lowest BCUT2D eigenvalue weighted by Crippen LogP contribution is -2.56. The molecule has 4 fully saturated rings. The van der Waals surface area contributed by atoms with Crippen LogP contribution in [0.25, 0.3) is 0 Å². The van der Waals surface area contributed by atoms with Crippen molar-refractivity contribution >= 4 is 23.4 Å². The third kappa shape index (κ3) is 5.88. The van der Waals surface area contributed by atoms with E-state index in [1.165, 1.54) is 12.0 Å². The monoisotopic (exact) mass is 591 g/mol. The molecule has 1 spiro atoms. The molecule has 234 valence electrons. The van der Waals surface area contributed by atoms with Crippen molar-refractivity contribution in [3.05, 3.63) is 42.0 Å². The van der Waals surface area contributed by atoms with Crippen LogP contribution in [0.5, 0.6) is 0 Å². The Morgan fingerprint density at radius 2 is 1.67 bits per heavy atom. The van der Waals surface area contributed by atoms with E-state index >= 15 is 0 Å². The summed E-state index contributed by atoms with van der Waals surface area (Å²) in [6.07, 6.45) is 9.41. The summed E-state index contributed by atoms with van der Waals surface area (Å²) >= 11 is 0. The molecule has 2 bridgehead atoms. The maximum absolute atomic E-state index is 14.3. The highest BCUT2D eigenvalue weighted by molar-refractivity contribution is 6.02. The lowest BCUT2D eigenvalue weighted by Gasteiger charge is -2.36. The predicted molar refractivity (Wildman–Crippen MR) is 167 cm³/mol. The smallest absolute Gasteiger partial charge is 0.246 e. The zero-order chi connectivity index (χ0) is 30.1. The summed E-state index contributed by atoms with van der Waals surface area (Å²) in [6, 6.07) is 7.23. The number of carbonyl (C=O) groups is 3. The molecule has 0 radical (unpaired) electrons. The van der Waals surface area contributed by atoms with Gasteiger partial charge in [-0.2, -0.15) is 0 Å². The molecule has 6 rings (SSSR count). The fraction of sp³-hybridized carbons (Fsp3) is 0.676. The molecule has 1 aromatic carbocycles. The molecule has 2 N–H and O–H groups in total. The number of hydrogen-bond acceptors (Lipinski definition) is 6. The first-order valence-corrected chi connectivity index (χ1v) is 16.6. The number of fused-ring (bicyclic) bond motifs is 1. The van der Waals surface area contributed by atoms with Gasteiger partial charge in [0.15, 0.2) is 0 Å². The van der Waals surface area contributed by atoms with Gasteiger partial charge >= 0.3 is 0 Å². The Morgan fingerprint density at radius 1 is 0.977 bits per heavy atom. The Balaban J connectivity index is 1.20. The van der Waals surface area contributed by atoms with Crippen molar-refractivity contribution < 1.29 is 19.1 Å². The number of hydrogen-bond donors (Lipinski definition) is 2. The number of carbonyl (C=O) groups excluding carboxylic acids is 3. The van der Waals surface area contributed by atoms with E-state index < -0.39 is 29.6 Å². The zero-order valence-electron chi connectivity index (χ0n) is 26.1. The minimum absolute atomic E-state index is 0.124. The number of amides is 3. The van der Waals surface area contributed by atoms with Gasteiger partial charge in [-0.15, -0.1) is 0 Å². The van der Waals surface area contributed by atoms with E-state index in [1.807, 2.05) is 36.4 Å². The lowest BCUT2D eigenvalue weighted by molar-refractivity contribution is -0.141. The molecule has 4 aliphatic heterocycles. The van der Waals surface area contributed by atoms with E-state index in [4.69, 9.17) is 4.74 Å². The van der Waals surface area contributed by atoms with Crippen molar-refractivity contribution in [1.29, 1.82) is 0 Å². The predicted octanol–water partition coefficient (Wildman–Crippen LogP) is 3.38. The lowest BCUT2D eigenvalue weighted by atomic mass is 9.74. The van der Waals surface area contributed by atoms with Crippen molar-refractivity contribution in [3.63, 3.8) is 0 Å². The third-order valence-electron chi connectivity index (χ3n) is 10.5. The van der Waals surface area contributed by atoms with E-state index in [2.05, 4.69) is 41.2 Å². The van der Waals surface area contributed by atoms with Crippen LogP contribution in [0, 0.1) is 11.8 Å². The second kappa shape index (κ2) is 12.7. The second-order valence-corrected chi connectivity index (χ2v) is 13.5. The summed E-state index contributed by atoms with van der Waals surface area (Å²) in [5, 5.41) is 6.34. The van der Waals surface area contributed by atoms with Crippen molar-refractivity contribution in [2.75, 3.05) is 51.1 Å². The summed E-state index contributed by atoms with van der Waals surface area (Å²) in [7, 11) is 0. The van der Waals surface area contributed by atoms with Crippen LogP contribution in [0.3, 0.4) is 0 Å². The number of ether oxygens (including phenoxy) is 1. The number of nitrogens with one attached hydrogen (secondary N) is 2. The average molecular weight is 592 g/mol. The van der Waals surface area contributed by atoms with Crippen LogP contribution in [-0.2, 0) is 19.1 Å². The van der Waals surface area contributed by atoms with Gasteiger partial charge in [-0.25, -0.2) is 0 Å².